The number of rotatable bonds is 7. The minimum absolute atomic E-state index is 0. The Balaban J connectivity index is 0.00000264. The van der Waals surface area contributed by atoms with Gasteiger partial charge in [-0.1, -0.05) is 12.1 Å². The molecule has 0 aromatic heterocycles. The summed E-state index contributed by atoms with van der Waals surface area (Å²) in [5.41, 5.74) is 1.96. The lowest BCUT2D eigenvalue weighted by Crippen LogP contribution is -2.35. The third-order valence-corrected chi connectivity index (χ3v) is 4.55. The highest BCUT2D eigenvalue weighted by atomic mass is 35.5. The molecule has 0 bridgehead atoms. The fourth-order valence-electron chi connectivity index (χ4n) is 2.32. The quantitative estimate of drug-likeness (QED) is 0.579. The van der Waals surface area contributed by atoms with Gasteiger partial charge in [-0.15, -0.1) is 12.4 Å². The van der Waals surface area contributed by atoms with Crippen LogP contribution in [0.1, 0.15) is 24.8 Å². The summed E-state index contributed by atoms with van der Waals surface area (Å²) >= 11 is 1.68. The molecular weight excluding hydrogens is 336 g/mol. The summed E-state index contributed by atoms with van der Waals surface area (Å²) in [6.07, 6.45) is 2.37. The summed E-state index contributed by atoms with van der Waals surface area (Å²) in [5, 5.41) is 6.15. The van der Waals surface area contributed by atoms with Gasteiger partial charge >= 0.3 is 5.97 Å². The predicted octanol–water partition coefficient (Wildman–Crippen LogP) is 2.60. The third-order valence-electron chi connectivity index (χ3n) is 3.52. The van der Waals surface area contributed by atoms with Crippen molar-refractivity contribution in [1.29, 1.82) is 0 Å². The molecule has 1 aliphatic heterocycles. The van der Waals surface area contributed by atoms with Gasteiger partial charge in [-0.25, -0.2) is 0 Å². The van der Waals surface area contributed by atoms with Crippen LogP contribution in [0.5, 0.6) is 0 Å². The molecular formula is C16H23ClN2O3S. The Kier molecular flexibility index (Phi) is 9.06. The van der Waals surface area contributed by atoms with Gasteiger partial charge in [0.05, 0.1) is 19.6 Å². The van der Waals surface area contributed by atoms with E-state index in [-0.39, 0.29) is 30.3 Å². The summed E-state index contributed by atoms with van der Waals surface area (Å²) in [4.78, 5) is 23.1. The fraction of sp³-hybridized carbons (Fsp3) is 0.500. The van der Waals surface area contributed by atoms with Gasteiger partial charge in [-0.05, 0) is 37.1 Å². The molecule has 1 heterocycles. The van der Waals surface area contributed by atoms with E-state index in [1.165, 1.54) is 7.11 Å². The summed E-state index contributed by atoms with van der Waals surface area (Å²) in [6.45, 7) is 0.912. The van der Waals surface area contributed by atoms with E-state index in [0.717, 1.165) is 42.1 Å². The van der Waals surface area contributed by atoms with Crippen LogP contribution in [-0.4, -0.2) is 37.3 Å². The Morgan fingerprint density at radius 2 is 2.26 bits per heavy atom. The molecule has 128 valence electrons. The van der Waals surface area contributed by atoms with E-state index in [9.17, 15) is 9.59 Å². The molecule has 0 radical (unpaired) electrons. The van der Waals surface area contributed by atoms with Crippen molar-refractivity contribution in [2.24, 2.45) is 0 Å². The highest BCUT2D eigenvalue weighted by molar-refractivity contribution is 7.98. The molecule has 7 heteroatoms. The molecule has 1 aromatic carbocycles. The number of benzene rings is 1. The molecule has 1 atom stereocenters. The maximum atomic E-state index is 12.1. The van der Waals surface area contributed by atoms with Crippen molar-refractivity contribution >= 4 is 41.7 Å². The topological polar surface area (TPSA) is 67.4 Å². The smallest absolute Gasteiger partial charge is 0.306 e. The molecule has 23 heavy (non-hydrogen) atoms. The largest absolute Gasteiger partial charge is 0.469 e. The number of anilines is 1. The number of carbonyl (C=O) groups is 2. The van der Waals surface area contributed by atoms with E-state index in [1.807, 2.05) is 24.3 Å². The van der Waals surface area contributed by atoms with Crippen molar-refractivity contribution in [2.75, 3.05) is 24.7 Å². The first-order valence-electron chi connectivity index (χ1n) is 7.47. The van der Waals surface area contributed by atoms with E-state index >= 15 is 0 Å². The van der Waals surface area contributed by atoms with Crippen molar-refractivity contribution in [3.8, 4) is 0 Å². The van der Waals surface area contributed by atoms with Crippen LogP contribution in [0.25, 0.3) is 0 Å². The maximum Gasteiger partial charge on any atom is 0.306 e. The van der Waals surface area contributed by atoms with Gasteiger partial charge in [0.15, 0.2) is 0 Å². The van der Waals surface area contributed by atoms with Crippen molar-refractivity contribution in [1.82, 2.24) is 5.32 Å². The van der Waals surface area contributed by atoms with Gasteiger partial charge < -0.3 is 15.4 Å². The van der Waals surface area contributed by atoms with Crippen molar-refractivity contribution in [2.45, 2.75) is 31.1 Å². The van der Waals surface area contributed by atoms with Gasteiger partial charge in [-0.2, -0.15) is 11.8 Å². The highest BCUT2D eigenvalue weighted by Gasteiger charge is 2.21. The van der Waals surface area contributed by atoms with E-state index in [4.69, 9.17) is 0 Å². The fourth-order valence-corrected chi connectivity index (χ4v) is 3.19. The molecule has 1 unspecified atom stereocenters. The average Bonchev–Trinajstić information content (AvgIpc) is 3.06. The number of hydrogen-bond acceptors (Lipinski definition) is 5. The Morgan fingerprint density at radius 1 is 1.43 bits per heavy atom. The second kappa shape index (κ2) is 10.5. The minimum Gasteiger partial charge on any atom is -0.469 e. The van der Waals surface area contributed by atoms with Crippen molar-refractivity contribution in [3.63, 3.8) is 0 Å². The van der Waals surface area contributed by atoms with E-state index in [2.05, 4.69) is 15.4 Å². The molecule has 0 aliphatic carbocycles. The van der Waals surface area contributed by atoms with Crippen LogP contribution in [0.15, 0.2) is 24.3 Å². The number of ether oxygens (including phenoxy) is 1. The van der Waals surface area contributed by atoms with Gasteiger partial charge in [0, 0.05) is 17.2 Å². The summed E-state index contributed by atoms with van der Waals surface area (Å²) in [5.74, 6) is 1.39. The number of halogens is 1. The lowest BCUT2D eigenvalue weighted by Gasteiger charge is -2.12. The summed E-state index contributed by atoms with van der Waals surface area (Å²) in [6, 6.07) is 7.77. The van der Waals surface area contributed by atoms with Crippen LogP contribution in [0.4, 0.5) is 5.69 Å². The summed E-state index contributed by atoms with van der Waals surface area (Å²) < 4.78 is 4.61. The molecule has 1 aromatic rings. The molecule has 0 saturated carbocycles. The molecule has 1 amide bonds. The van der Waals surface area contributed by atoms with Gasteiger partial charge in [0.2, 0.25) is 5.91 Å². The normalized spacial score (nSPS) is 16.5. The summed E-state index contributed by atoms with van der Waals surface area (Å²) in [7, 11) is 1.40. The molecule has 2 rings (SSSR count). The number of nitrogens with one attached hydrogen (secondary N) is 2. The highest BCUT2D eigenvalue weighted by Crippen LogP contribution is 2.18. The lowest BCUT2D eigenvalue weighted by molar-refractivity contribution is -0.140. The van der Waals surface area contributed by atoms with Crippen LogP contribution >= 0.6 is 24.2 Å². The standard InChI is InChI=1S/C16H22N2O3S.ClH/c1-21-15(19)7-9-22-11-12-4-2-5-13(10-12)18-16(20)14-6-3-8-17-14;/h2,4-5,10,14,17H,3,6-9,11H2,1H3,(H,18,20);1H. The van der Waals surface area contributed by atoms with Gasteiger partial charge in [0.1, 0.15) is 0 Å². The number of hydrogen-bond donors (Lipinski definition) is 2. The van der Waals surface area contributed by atoms with E-state index < -0.39 is 0 Å². The Morgan fingerprint density at radius 3 is 2.96 bits per heavy atom. The first kappa shape index (κ1) is 19.8. The van der Waals surface area contributed by atoms with Gasteiger partial charge in [-0.3, -0.25) is 9.59 Å². The van der Waals surface area contributed by atoms with E-state index in [1.54, 1.807) is 11.8 Å². The average molecular weight is 359 g/mol. The second-order valence-electron chi connectivity index (χ2n) is 5.22. The third kappa shape index (κ3) is 6.81. The predicted molar refractivity (Wildman–Crippen MR) is 96.1 cm³/mol. The van der Waals surface area contributed by atoms with Gasteiger partial charge in [0.25, 0.3) is 0 Å². The Bertz CT molecular complexity index is 522. The number of carbonyl (C=O) groups excluding carboxylic acids is 2. The zero-order chi connectivity index (χ0) is 15.8. The first-order valence-corrected chi connectivity index (χ1v) is 8.62. The second-order valence-corrected chi connectivity index (χ2v) is 6.32. The first-order chi connectivity index (χ1) is 10.7. The zero-order valence-corrected chi connectivity index (χ0v) is 14.8. The van der Waals surface area contributed by atoms with Crippen LogP contribution in [0.3, 0.4) is 0 Å². The van der Waals surface area contributed by atoms with E-state index in [0.29, 0.717) is 6.42 Å². The minimum atomic E-state index is -0.183. The van der Waals surface area contributed by atoms with Crippen molar-refractivity contribution in [3.05, 3.63) is 29.8 Å². The number of methoxy groups -OCH3 is 1. The van der Waals surface area contributed by atoms with Crippen LogP contribution in [0, 0.1) is 0 Å². The molecule has 1 saturated heterocycles. The Hall–Kier alpha value is -1.24. The van der Waals surface area contributed by atoms with Crippen LogP contribution in [-0.2, 0) is 20.1 Å². The lowest BCUT2D eigenvalue weighted by atomic mass is 10.2. The number of thioether (sulfide) groups is 1. The zero-order valence-electron chi connectivity index (χ0n) is 13.2. The number of amides is 1. The molecule has 5 nitrogen and oxygen atoms in total. The van der Waals surface area contributed by atoms with Crippen LogP contribution in [0.2, 0.25) is 0 Å². The van der Waals surface area contributed by atoms with Crippen LogP contribution < -0.4 is 10.6 Å². The molecule has 1 fully saturated rings. The maximum absolute atomic E-state index is 12.1. The molecule has 0 spiro atoms. The Labute approximate surface area is 147 Å². The molecule has 1 aliphatic rings. The van der Waals surface area contributed by atoms with Crippen molar-refractivity contribution < 1.29 is 14.3 Å². The molecule has 2 N–H and O–H groups in total. The monoisotopic (exact) mass is 358 g/mol. The SMILES string of the molecule is COC(=O)CCSCc1cccc(NC(=O)C2CCCN2)c1.Cl. The number of esters is 1.